The minimum atomic E-state index is -0.415. The summed E-state index contributed by atoms with van der Waals surface area (Å²) in [5, 5.41) is 10.3. The number of nitrogens with zero attached hydrogens (tertiary/aromatic N) is 4. The smallest absolute Gasteiger partial charge is 0.354 e. The maximum Gasteiger partial charge on any atom is 0.354 e. The second kappa shape index (κ2) is 6.66. The third kappa shape index (κ3) is 3.55. The quantitative estimate of drug-likeness (QED) is 0.794. The lowest BCUT2D eigenvalue weighted by Crippen LogP contribution is -2.20. The van der Waals surface area contributed by atoms with E-state index in [9.17, 15) is 4.79 Å². The molecule has 7 nitrogen and oxygen atoms in total. The number of hydrogen-bond donors (Lipinski definition) is 0. The molecule has 0 aliphatic carbocycles. The summed E-state index contributed by atoms with van der Waals surface area (Å²) in [5.41, 5.74) is 0.983. The molecule has 25 heavy (non-hydrogen) atoms. The number of esters is 1. The summed E-state index contributed by atoms with van der Waals surface area (Å²) in [6.07, 6.45) is 0.361. The van der Waals surface area contributed by atoms with Gasteiger partial charge >= 0.3 is 5.97 Å². The van der Waals surface area contributed by atoms with Gasteiger partial charge in [-0.25, -0.2) is 4.79 Å². The molecule has 1 atom stereocenters. The molecule has 2 heterocycles. The number of carbonyl (C=O) groups excluding carboxylic acids is 1. The minimum absolute atomic E-state index is 0.219. The molecule has 0 fully saturated rings. The van der Waals surface area contributed by atoms with Crippen molar-refractivity contribution in [1.29, 1.82) is 0 Å². The first kappa shape index (κ1) is 17.1. The van der Waals surface area contributed by atoms with E-state index in [0.717, 1.165) is 5.69 Å². The SMILES string of the molecule is CCOC(=O)C1=NN(c2ccccc2)[C@@H](c2nc(C(C)(C)C)no2)C1. The highest BCUT2D eigenvalue weighted by molar-refractivity contribution is 6.37. The lowest BCUT2D eigenvalue weighted by Gasteiger charge is -2.20. The highest BCUT2D eigenvalue weighted by atomic mass is 16.5. The Balaban J connectivity index is 1.94. The van der Waals surface area contributed by atoms with Crippen molar-refractivity contribution < 1.29 is 14.1 Å². The molecule has 3 rings (SSSR count). The maximum atomic E-state index is 12.1. The van der Waals surface area contributed by atoms with Gasteiger partial charge in [0.2, 0.25) is 0 Å². The predicted octanol–water partition coefficient (Wildman–Crippen LogP) is 3.24. The summed E-state index contributed by atoms with van der Waals surface area (Å²) in [6, 6.07) is 9.27. The van der Waals surface area contributed by atoms with Crippen molar-refractivity contribution in [2.24, 2.45) is 5.10 Å². The summed E-state index contributed by atoms with van der Waals surface area (Å²) < 4.78 is 10.6. The van der Waals surface area contributed by atoms with E-state index in [4.69, 9.17) is 9.26 Å². The molecular weight excluding hydrogens is 320 g/mol. The third-order valence-corrected chi connectivity index (χ3v) is 3.84. The molecule has 2 aromatic rings. The summed E-state index contributed by atoms with van der Waals surface area (Å²) in [5.74, 6) is 0.651. The van der Waals surface area contributed by atoms with Gasteiger partial charge in [-0.3, -0.25) is 5.01 Å². The highest BCUT2D eigenvalue weighted by Gasteiger charge is 2.37. The van der Waals surface area contributed by atoms with Gasteiger partial charge in [-0.05, 0) is 19.1 Å². The molecule has 0 amide bonds. The van der Waals surface area contributed by atoms with Crippen LogP contribution in [0, 0.1) is 0 Å². The second-order valence-corrected chi connectivity index (χ2v) is 6.87. The number of hydrogen-bond acceptors (Lipinski definition) is 7. The van der Waals surface area contributed by atoms with Gasteiger partial charge in [-0.2, -0.15) is 10.1 Å². The number of aromatic nitrogens is 2. The summed E-state index contributed by atoms with van der Waals surface area (Å²) >= 11 is 0. The number of benzene rings is 1. The largest absolute Gasteiger partial charge is 0.461 e. The number of rotatable bonds is 4. The van der Waals surface area contributed by atoms with Crippen LogP contribution >= 0.6 is 0 Å². The molecule has 1 aromatic heterocycles. The van der Waals surface area contributed by atoms with Gasteiger partial charge in [-0.15, -0.1) is 0 Å². The monoisotopic (exact) mass is 342 g/mol. The van der Waals surface area contributed by atoms with Crippen molar-refractivity contribution in [2.45, 2.75) is 45.6 Å². The Kier molecular flexibility index (Phi) is 4.57. The Bertz CT molecular complexity index is 777. The summed E-state index contributed by atoms with van der Waals surface area (Å²) in [6.45, 7) is 8.14. The van der Waals surface area contributed by atoms with Crippen LogP contribution in [0.5, 0.6) is 0 Å². The number of para-hydroxylation sites is 1. The highest BCUT2D eigenvalue weighted by Crippen LogP contribution is 2.35. The third-order valence-electron chi connectivity index (χ3n) is 3.84. The first-order valence-electron chi connectivity index (χ1n) is 8.33. The van der Waals surface area contributed by atoms with Gasteiger partial charge in [0, 0.05) is 11.8 Å². The van der Waals surface area contributed by atoms with Crippen LogP contribution in [0.25, 0.3) is 0 Å². The molecule has 0 spiro atoms. The van der Waals surface area contributed by atoms with Crippen molar-refractivity contribution in [3.63, 3.8) is 0 Å². The Morgan fingerprint density at radius 2 is 2.04 bits per heavy atom. The number of anilines is 1. The Morgan fingerprint density at radius 1 is 1.32 bits per heavy atom. The van der Waals surface area contributed by atoms with E-state index >= 15 is 0 Å². The van der Waals surface area contributed by atoms with E-state index in [1.165, 1.54) is 0 Å². The molecule has 1 aliphatic heterocycles. The van der Waals surface area contributed by atoms with Crippen molar-refractivity contribution in [3.05, 3.63) is 42.0 Å². The molecule has 1 aromatic carbocycles. The molecule has 0 saturated carbocycles. The Morgan fingerprint density at radius 3 is 2.64 bits per heavy atom. The van der Waals surface area contributed by atoms with Crippen LogP contribution < -0.4 is 5.01 Å². The van der Waals surface area contributed by atoms with Crippen LogP contribution in [0.1, 0.15) is 51.9 Å². The molecule has 0 unspecified atom stereocenters. The van der Waals surface area contributed by atoms with E-state index in [1.54, 1.807) is 11.9 Å². The van der Waals surface area contributed by atoms with Crippen LogP contribution in [-0.2, 0) is 14.9 Å². The van der Waals surface area contributed by atoms with E-state index in [1.807, 2.05) is 51.1 Å². The van der Waals surface area contributed by atoms with Crippen LogP contribution in [0.15, 0.2) is 40.0 Å². The zero-order chi connectivity index (χ0) is 18.0. The fraction of sp³-hybridized carbons (Fsp3) is 0.444. The van der Waals surface area contributed by atoms with Gasteiger partial charge in [0.1, 0.15) is 11.8 Å². The summed E-state index contributed by atoms with van der Waals surface area (Å²) in [7, 11) is 0. The molecule has 0 bridgehead atoms. The molecule has 7 heteroatoms. The molecular formula is C18H22N4O3. The maximum absolute atomic E-state index is 12.1. The zero-order valence-corrected chi connectivity index (χ0v) is 14.9. The molecule has 0 radical (unpaired) electrons. The fourth-order valence-corrected chi connectivity index (χ4v) is 2.53. The van der Waals surface area contributed by atoms with Crippen molar-refractivity contribution in [1.82, 2.24) is 10.1 Å². The fourth-order valence-electron chi connectivity index (χ4n) is 2.53. The van der Waals surface area contributed by atoms with Gasteiger partial charge in [0.15, 0.2) is 5.82 Å². The van der Waals surface area contributed by atoms with Crippen molar-refractivity contribution >= 4 is 17.4 Å². The normalized spacial score (nSPS) is 17.5. The van der Waals surface area contributed by atoms with Crippen LogP contribution in [0.2, 0.25) is 0 Å². The number of ether oxygens (including phenoxy) is 1. The lowest BCUT2D eigenvalue weighted by molar-refractivity contribution is -0.135. The lowest BCUT2D eigenvalue weighted by atomic mass is 9.96. The van der Waals surface area contributed by atoms with E-state index in [2.05, 4.69) is 15.2 Å². The van der Waals surface area contributed by atoms with Gasteiger partial charge in [-0.1, -0.05) is 44.1 Å². The molecule has 0 saturated heterocycles. The zero-order valence-electron chi connectivity index (χ0n) is 14.9. The predicted molar refractivity (Wildman–Crippen MR) is 93.3 cm³/mol. The molecule has 1 aliphatic rings. The second-order valence-electron chi connectivity index (χ2n) is 6.87. The molecule has 132 valence electrons. The van der Waals surface area contributed by atoms with E-state index in [0.29, 0.717) is 30.5 Å². The topological polar surface area (TPSA) is 80.8 Å². The molecule has 0 N–H and O–H groups in total. The van der Waals surface area contributed by atoms with Gasteiger partial charge < -0.3 is 9.26 Å². The van der Waals surface area contributed by atoms with Crippen LogP contribution in [0.3, 0.4) is 0 Å². The standard InChI is InChI=1S/C18H22N4O3/c1-5-24-16(23)13-11-14(15-19-17(21-25-15)18(2,3)4)22(20-13)12-9-7-6-8-10-12/h6-10,14H,5,11H2,1-4H3/t14-/m1/s1. The average Bonchev–Trinajstić information content (AvgIpc) is 3.22. The summed E-state index contributed by atoms with van der Waals surface area (Å²) in [4.78, 5) is 16.7. The van der Waals surface area contributed by atoms with E-state index in [-0.39, 0.29) is 11.5 Å². The minimum Gasteiger partial charge on any atom is -0.461 e. The van der Waals surface area contributed by atoms with Gasteiger partial charge in [0.25, 0.3) is 5.89 Å². The Labute approximate surface area is 146 Å². The van der Waals surface area contributed by atoms with Crippen molar-refractivity contribution in [3.8, 4) is 0 Å². The first-order chi connectivity index (χ1) is 11.9. The van der Waals surface area contributed by atoms with Gasteiger partial charge in [0.05, 0.1) is 12.3 Å². The first-order valence-corrected chi connectivity index (χ1v) is 8.33. The van der Waals surface area contributed by atoms with Crippen LogP contribution in [-0.4, -0.2) is 28.4 Å². The van der Waals surface area contributed by atoms with Crippen molar-refractivity contribution in [2.75, 3.05) is 11.6 Å². The Hall–Kier alpha value is -2.70. The number of hydrazone groups is 1. The van der Waals surface area contributed by atoms with E-state index < -0.39 is 5.97 Å². The number of carbonyl (C=O) groups is 1. The van der Waals surface area contributed by atoms with Crippen LogP contribution in [0.4, 0.5) is 5.69 Å². The average molecular weight is 342 g/mol.